The van der Waals surface area contributed by atoms with Gasteiger partial charge >= 0.3 is 13.2 Å². The summed E-state index contributed by atoms with van der Waals surface area (Å²) in [6, 6.07) is 0. The summed E-state index contributed by atoms with van der Waals surface area (Å²) >= 11 is 0. The minimum absolute atomic E-state index is 0.368. The number of hydrogen-bond donors (Lipinski definition) is 0. The number of hydrogen-bond acceptors (Lipinski definition) is 4. The van der Waals surface area contributed by atoms with Crippen LogP contribution in [0.1, 0.15) is 48.5 Å². The maximum atomic E-state index is 14.2. The van der Waals surface area contributed by atoms with Crippen molar-refractivity contribution in [3.8, 4) is 0 Å². The van der Waals surface area contributed by atoms with E-state index in [2.05, 4.69) is 0 Å². The van der Waals surface area contributed by atoms with Gasteiger partial charge in [-0.2, -0.15) is 0 Å². The zero-order valence-corrected chi connectivity index (χ0v) is 16.3. The lowest BCUT2D eigenvalue weighted by Gasteiger charge is -2.47. The van der Waals surface area contributed by atoms with Crippen molar-refractivity contribution in [1.82, 2.24) is 9.34 Å². The van der Waals surface area contributed by atoms with E-state index in [-0.39, 0.29) is 0 Å². The molecule has 0 N–H and O–H groups in total. The molecular weight excluding hydrogens is 303 g/mol. The summed E-state index contributed by atoms with van der Waals surface area (Å²) in [5, 5.41) is 0. The lowest BCUT2D eigenvalue weighted by molar-refractivity contribution is -0.325. The Morgan fingerprint density at radius 3 is 1.14 bits per heavy atom. The highest BCUT2D eigenvalue weighted by molar-refractivity contribution is 7.60. The van der Waals surface area contributed by atoms with Crippen LogP contribution in [0.25, 0.3) is 0 Å². The summed E-state index contributed by atoms with van der Waals surface area (Å²) in [6.07, 6.45) is 0. The van der Waals surface area contributed by atoms with Gasteiger partial charge in [-0.05, 0) is 20.8 Å². The molecule has 134 valence electrons. The van der Waals surface area contributed by atoms with Crippen molar-refractivity contribution in [2.24, 2.45) is 0 Å². The summed E-state index contributed by atoms with van der Waals surface area (Å²) in [5.74, 6) is 0. The maximum Gasteiger partial charge on any atom is 0.367 e. The van der Waals surface area contributed by atoms with E-state index >= 15 is 0 Å². The van der Waals surface area contributed by atoms with Gasteiger partial charge in [0.25, 0.3) is 0 Å². The Hall–Kier alpha value is 0.0300. The van der Waals surface area contributed by atoms with E-state index in [1.807, 2.05) is 57.8 Å². The first kappa shape index (κ1) is 22.0. The lowest BCUT2D eigenvalue weighted by Crippen LogP contribution is -2.50. The first-order valence-electron chi connectivity index (χ1n) is 8.50. The van der Waals surface area contributed by atoms with Crippen LogP contribution in [0.15, 0.2) is 0 Å². The molecule has 0 aliphatic carbocycles. The molecule has 0 heterocycles. The molecule has 0 bridgehead atoms. The quantitative estimate of drug-likeness (QED) is 0.378. The van der Waals surface area contributed by atoms with Crippen LogP contribution in [0.3, 0.4) is 0 Å². The van der Waals surface area contributed by atoms with Crippen LogP contribution >= 0.6 is 7.44 Å². The molecule has 6 nitrogen and oxygen atoms in total. The van der Waals surface area contributed by atoms with E-state index < -0.39 is 13.2 Å². The molecule has 0 aliphatic rings. The van der Waals surface area contributed by atoms with Gasteiger partial charge in [-0.25, -0.2) is 9.34 Å². The largest absolute Gasteiger partial charge is 0.367 e. The molecule has 0 aromatic rings. The SMILES string of the molecule is CCOC(OCC)(OCC)P(=O)(N(CC)CC)N(CC)CC. The molecule has 0 aromatic heterocycles. The number of nitrogens with zero attached hydrogens (tertiary/aromatic N) is 2. The molecule has 0 rings (SSSR count). The topological polar surface area (TPSA) is 51.2 Å². The van der Waals surface area contributed by atoms with Crippen molar-refractivity contribution in [1.29, 1.82) is 0 Å². The van der Waals surface area contributed by atoms with Gasteiger partial charge in [-0.3, -0.25) is 4.57 Å². The normalized spacial score (nSPS) is 13.3. The zero-order chi connectivity index (χ0) is 17.2. The smallest absolute Gasteiger partial charge is 0.320 e. The maximum absolute atomic E-state index is 14.2. The first-order chi connectivity index (χ1) is 10.5. The lowest BCUT2D eigenvalue weighted by atomic mass is 10.7. The van der Waals surface area contributed by atoms with Crippen LogP contribution < -0.4 is 0 Å². The Morgan fingerprint density at radius 2 is 0.955 bits per heavy atom. The van der Waals surface area contributed by atoms with Crippen molar-refractivity contribution < 1.29 is 18.8 Å². The Morgan fingerprint density at radius 1 is 0.682 bits per heavy atom. The molecule has 0 aliphatic heterocycles. The third-order valence-electron chi connectivity index (χ3n) is 3.56. The van der Waals surface area contributed by atoms with E-state index in [0.29, 0.717) is 46.0 Å². The van der Waals surface area contributed by atoms with E-state index in [0.717, 1.165) is 0 Å². The molecule has 0 fully saturated rings. The van der Waals surface area contributed by atoms with Crippen molar-refractivity contribution in [2.45, 2.75) is 54.2 Å². The van der Waals surface area contributed by atoms with E-state index in [1.165, 1.54) is 0 Å². The third kappa shape index (κ3) is 4.31. The molecule has 0 radical (unpaired) electrons. The van der Waals surface area contributed by atoms with Gasteiger partial charge in [-0.1, -0.05) is 27.7 Å². The molecule has 22 heavy (non-hydrogen) atoms. The minimum atomic E-state index is -3.23. The van der Waals surface area contributed by atoms with Gasteiger partial charge in [0.15, 0.2) is 0 Å². The molecule has 0 amide bonds. The van der Waals surface area contributed by atoms with E-state index in [1.54, 1.807) is 0 Å². The second-order valence-corrected chi connectivity index (χ2v) is 7.41. The van der Waals surface area contributed by atoms with Crippen LogP contribution in [-0.4, -0.2) is 61.1 Å². The highest BCUT2D eigenvalue weighted by Crippen LogP contribution is 2.64. The van der Waals surface area contributed by atoms with Crippen LogP contribution in [0.5, 0.6) is 0 Å². The van der Waals surface area contributed by atoms with Crippen molar-refractivity contribution in [3.05, 3.63) is 0 Å². The second-order valence-electron chi connectivity index (χ2n) is 4.64. The van der Waals surface area contributed by atoms with Crippen LogP contribution in [0.4, 0.5) is 0 Å². The van der Waals surface area contributed by atoms with Gasteiger partial charge in [0.05, 0.1) is 19.8 Å². The van der Waals surface area contributed by atoms with Crippen LogP contribution in [0.2, 0.25) is 0 Å². The summed E-state index contributed by atoms with van der Waals surface area (Å²) < 4.78 is 35.6. The number of ether oxygens (including phenoxy) is 3. The summed E-state index contributed by atoms with van der Waals surface area (Å²) in [7, 11) is -3.23. The van der Waals surface area contributed by atoms with Crippen LogP contribution in [-0.2, 0) is 18.8 Å². The summed E-state index contributed by atoms with van der Waals surface area (Å²) in [6.45, 7) is 17.2. The molecule has 7 heteroatoms. The molecule has 0 saturated heterocycles. The molecular formula is C15H35N2O4P. The highest BCUT2D eigenvalue weighted by atomic mass is 31.2. The molecule has 0 atom stereocenters. The Balaban J connectivity index is 6.18. The fourth-order valence-electron chi connectivity index (χ4n) is 2.66. The average Bonchev–Trinajstić information content (AvgIpc) is 2.50. The average molecular weight is 338 g/mol. The summed E-state index contributed by atoms with van der Waals surface area (Å²) in [5.41, 5.74) is -1.54. The summed E-state index contributed by atoms with van der Waals surface area (Å²) in [4.78, 5) is 0. The first-order valence-corrected chi connectivity index (χ1v) is 10.1. The molecule has 0 unspecified atom stereocenters. The predicted molar refractivity (Wildman–Crippen MR) is 91.1 cm³/mol. The van der Waals surface area contributed by atoms with Gasteiger partial charge in [0, 0.05) is 26.2 Å². The fourth-order valence-corrected chi connectivity index (χ4v) is 6.14. The molecule has 0 spiro atoms. The van der Waals surface area contributed by atoms with Crippen molar-refractivity contribution >= 4 is 7.44 Å². The van der Waals surface area contributed by atoms with E-state index in [4.69, 9.17) is 14.2 Å². The third-order valence-corrected chi connectivity index (χ3v) is 7.33. The minimum Gasteiger partial charge on any atom is -0.320 e. The van der Waals surface area contributed by atoms with E-state index in [9.17, 15) is 4.57 Å². The van der Waals surface area contributed by atoms with Crippen molar-refractivity contribution in [3.63, 3.8) is 0 Å². The predicted octanol–water partition coefficient (Wildman–Crippen LogP) is 3.58. The Kier molecular flexibility index (Phi) is 10.8. The second kappa shape index (κ2) is 10.7. The highest BCUT2D eigenvalue weighted by Gasteiger charge is 2.58. The zero-order valence-electron chi connectivity index (χ0n) is 15.4. The van der Waals surface area contributed by atoms with Gasteiger partial charge in [0.2, 0.25) is 0 Å². The number of rotatable bonds is 13. The van der Waals surface area contributed by atoms with Crippen molar-refractivity contribution in [2.75, 3.05) is 46.0 Å². The Labute approximate surface area is 136 Å². The standard InChI is InChI=1S/C15H35N2O4P/c1-8-16(9-2)22(18,17(10-3)11-4)15(19-12-5,20-13-6)21-14-7/h8-14H2,1-7H3. The Bertz CT molecular complexity index is 300. The van der Waals surface area contributed by atoms with Gasteiger partial charge in [-0.15, -0.1) is 0 Å². The van der Waals surface area contributed by atoms with Gasteiger partial charge < -0.3 is 14.2 Å². The molecule has 0 aromatic carbocycles. The van der Waals surface area contributed by atoms with Crippen LogP contribution in [0, 0.1) is 0 Å². The monoisotopic (exact) mass is 338 g/mol. The fraction of sp³-hybridized carbons (Fsp3) is 1.00. The van der Waals surface area contributed by atoms with Gasteiger partial charge in [0.1, 0.15) is 0 Å². The molecule has 0 saturated carbocycles.